The molecule has 22 heavy (non-hydrogen) atoms. The molecular formula is C17H24N2O3. The number of likely N-dealkylation sites (tertiary alicyclic amines) is 1. The highest BCUT2D eigenvalue weighted by molar-refractivity contribution is 5.82. The number of hydrogen-bond acceptors (Lipinski definition) is 3. The fourth-order valence-electron chi connectivity index (χ4n) is 3.70. The van der Waals surface area contributed by atoms with Gasteiger partial charge < -0.3 is 14.6 Å². The predicted molar refractivity (Wildman–Crippen MR) is 82.1 cm³/mol. The molecule has 2 atom stereocenters. The van der Waals surface area contributed by atoms with Gasteiger partial charge in [0.25, 0.3) is 0 Å². The van der Waals surface area contributed by atoms with Crippen LogP contribution in [-0.4, -0.2) is 35.8 Å². The number of furan rings is 1. The van der Waals surface area contributed by atoms with Crippen LogP contribution in [0.15, 0.2) is 22.8 Å². The maximum Gasteiger partial charge on any atom is 0.225 e. The van der Waals surface area contributed by atoms with E-state index >= 15 is 0 Å². The van der Waals surface area contributed by atoms with Crippen LogP contribution in [0, 0.1) is 5.92 Å². The van der Waals surface area contributed by atoms with Gasteiger partial charge in [-0.25, -0.2) is 0 Å². The van der Waals surface area contributed by atoms with E-state index in [1.807, 2.05) is 17.0 Å². The first-order valence-electron chi connectivity index (χ1n) is 8.35. The van der Waals surface area contributed by atoms with Gasteiger partial charge in [-0.05, 0) is 31.4 Å². The largest absolute Gasteiger partial charge is 0.469 e. The highest BCUT2D eigenvalue weighted by Crippen LogP contribution is 2.31. The van der Waals surface area contributed by atoms with Crippen LogP contribution in [0.1, 0.15) is 44.3 Å². The van der Waals surface area contributed by atoms with E-state index in [9.17, 15) is 9.59 Å². The Morgan fingerprint density at radius 2 is 2.18 bits per heavy atom. The van der Waals surface area contributed by atoms with Crippen molar-refractivity contribution >= 4 is 11.8 Å². The van der Waals surface area contributed by atoms with Crippen molar-refractivity contribution in [3.63, 3.8) is 0 Å². The topological polar surface area (TPSA) is 62.6 Å². The minimum absolute atomic E-state index is 0.0487. The van der Waals surface area contributed by atoms with Crippen molar-refractivity contribution in [1.82, 2.24) is 10.2 Å². The van der Waals surface area contributed by atoms with E-state index in [2.05, 4.69) is 5.32 Å². The number of carbonyl (C=O) groups is 2. The summed E-state index contributed by atoms with van der Waals surface area (Å²) in [6.07, 6.45) is 7.97. The molecule has 2 aliphatic rings. The second-order valence-corrected chi connectivity index (χ2v) is 6.27. The highest BCUT2D eigenvalue weighted by Gasteiger charge is 2.38. The zero-order valence-electron chi connectivity index (χ0n) is 12.9. The van der Waals surface area contributed by atoms with Crippen LogP contribution in [-0.2, 0) is 16.0 Å². The van der Waals surface area contributed by atoms with Crippen LogP contribution < -0.4 is 5.32 Å². The molecule has 0 aromatic carbocycles. The first-order chi connectivity index (χ1) is 10.8. The molecule has 0 spiro atoms. The van der Waals surface area contributed by atoms with E-state index in [4.69, 9.17) is 4.42 Å². The summed E-state index contributed by atoms with van der Waals surface area (Å²) in [5, 5.41) is 3.02. The molecule has 0 unspecified atom stereocenters. The maximum absolute atomic E-state index is 12.5. The van der Waals surface area contributed by atoms with Crippen LogP contribution in [0.25, 0.3) is 0 Å². The molecule has 1 aliphatic heterocycles. The fourth-order valence-corrected chi connectivity index (χ4v) is 3.70. The van der Waals surface area contributed by atoms with E-state index < -0.39 is 0 Å². The monoisotopic (exact) mass is 304 g/mol. The van der Waals surface area contributed by atoms with Gasteiger partial charge in [-0.2, -0.15) is 0 Å². The Bertz CT molecular complexity index is 512. The fraction of sp³-hybridized carbons (Fsp3) is 0.647. The van der Waals surface area contributed by atoms with E-state index in [0.717, 1.165) is 44.4 Å². The lowest BCUT2D eigenvalue weighted by Gasteiger charge is -2.37. The van der Waals surface area contributed by atoms with E-state index in [0.29, 0.717) is 19.4 Å². The third kappa shape index (κ3) is 3.34. The normalized spacial score (nSPS) is 25.5. The van der Waals surface area contributed by atoms with E-state index in [-0.39, 0.29) is 23.8 Å². The maximum atomic E-state index is 12.5. The summed E-state index contributed by atoms with van der Waals surface area (Å²) >= 11 is 0. The van der Waals surface area contributed by atoms with Crippen LogP contribution in [0.2, 0.25) is 0 Å². The van der Waals surface area contributed by atoms with Crippen molar-refractivity contribution in [2.45, 2.75) is 51.0 Å². The molecule has 2 amide bonds. The predicted octanol–water partition coefficient (Wildman–Crippen LogP) is 2.12. The Labute approximate surface area is 131 Å². The van der Waals surface area contributed by atoms with Crippen LogP contribution >= 0.6 is 0 Å². The van der Waals surface area contributed by atoms with Crippen LogP contribution in [0.5, 0.6) is 0 Å². The average molecular weight is 304 g/mol. The standard InChI is InChI=1S/C17H24N2O3/c20-16-8-3-11-19(16)15-7-2-1-6-14(15)17(21)18-10-9-13-5-4-12-22-13/h4-5,12,14-15H,1-3,6-11H2,(H,18,21)/t14-,15+/m1/s1. The first-order valence-corrected chi connectivity index (χ1v) is 8.35. The van der Waals surface area contributed by atoms with Crippen molar-refractivity contribution in [3.05, 3.63) is 24.2 Å². The molecule has 2 fully saturated rings. The molecule has 1 N–H and O–H groups in total. The van der Waals surface area contributed by atoms with Gasteiger partial charge in [0.05, 0.1) is 12.2 Å². The summed E-state index contributed by atoms with van der Waals surface area (Å²) in [4.78, 5) is 26.5. The van der Waals surface area contributed by atoms with Crippen molar-refractivity contribution in [3.8, 4) is 0 Å². The van der Waals surface area contributed by atoms with Crippen LogP contribution in [0.4, 0.5) is 0 Å². The third-order valence-corrected chi connectivity index (χ3v) is 4.83. The minimum Gasteiger partial charge on any atom is -0.469 e. The second kappa shape index (κ2) is 6.99. The number of rotatable bonds is 5. The van der Waals surface area contributed by atoms with Gasteiger partial charge in [0.1, 0.15) is 5.76 Å². The van der Waals surface area contributed by atoms with Crippen molar-refractivity contribution < 1.29 is 14.0 Å². The van der Waals surface area contributed by atoms with Gasteiger partial charge in [-0.15, -0.1) is 0 Å². The van der Waals surface area contributed by atoms with Gasteiger partial charge in [0.15, 0.2) is 0 Å². The van der Waals surface area contributed by atoms with Crippen molar-refractivity contribution in [1.29, 1.82) is 0 Å². The van der Waals surface area contributed by atoms with E-state index in [1.165, 1.54) is 0 Å². The van der Waals surface area contributed by atoms with Gasteiger partial charge in [0.2, 0.25) is 11.8 Å². The number of nitrogens with one attached hydrogen (secondary N) is 1. The molecule has 1 saturated carbocycles. The molecule has 5 heteroatoms. The SMILES string of the molecule is O=C(NCCc1ccco1)[C@@H]1CCCC[C@@H]1N1CCCC1=O. The first kappa shape index (κ1) is 15.1. The van der Waals surface area contributed by atoms with Crippen molar-refractivity contribution in [2.24, 2.45) is 5.92 Å². The van der Waals surface area contributed by atoms with Gasteiger partial charge >= 0.3 is 0 Å². The summed E-state index contributed by atoms with van der Waals surface area (Å²) < 4.78 is 5.27. The van der Waals surface area contributed by atoms with Gasteiger partial charge in [-0.1, -0.05) is 12.8 Å². The zero-order valence-corrected chi connectivity index (χ0v) is 12.9. The molecular weight excluding hydrogens is 280 g/mol. The summed E-state index contributed by atoms with van der Waals surface area (Å²) in [6, 6.07) is 3.87. The highest BCUT2D eigenvalue weighted by atomic mass is 16.3. The molecule has 3 rings (SSSR count). The Morgan fingerprint density at radius 1 is 1.32 bits per heavy atom. The molecule has 5 nitrogen and oxygen atoms in total. The van der Waals surface area contributed by atoms with Crippen LogP contribution in [0.3, 0.4) is 0 Å². The van der Waals surface area contributed by atoms with Crippen molar-refractivity contribution in [2.75, 3.05) is 13.1 Å². The third-order valence-electron chi connectivity index (χ3n) is 4.83. The quantitative estimate of drug-likeness (QED) is 0.906. The van der Waals surface area contributed by atoms with Gasteiger partial charge in [0, 0.05) is 32.0 Å². The Balaban J connectivity index is 1.55. The molecule has 1 aromatic heterocycles. The zero-order chi connectivity index (χ0) is 15.4. The molecule has 1 aromatic rings. The molecule has 1 saturated heterocycles. The lowest BCUT2D eigenvalue weighted by Crippen LogP contribution is -2.49. The number of nitrogens with zero attached hydrogens (tertiary/aromatic N) is 1. The van der Waals surface area contributed by atoms with Gasteiger partial charge in [-0.3, -0.25) is 9.59 Å². The lowest BCUT2D eigenvalue weighted by atomic mass is 9.83. The molecule has 1 aliphatic carbocycles. The lowest BCUT2D eigenvalue weighted by molar-refractivity contribution is -0.135. The molecule has 0 radical (unpaired) electrons. The summed E-state index contributed by atoms with van der Waals surface area (Å²) in [6.45, 7) is 1.41. The Hall–Kier alpha value is -1.78. The Kier molecular flexibility index (Phi) is 4.80. The molecule has 2 heterocycles. The number of carbonyl (C=O) groups excluding carboxylic acids is 2. The summed E-state index contributed by atoms with van der Waals surface area (Å²) in [5.41, 5.74) is 0. The Morgan fingerprint density at radius 3 is 2.91 bits per heavy atom. The van der Waals surface area contributed by atoms with E-state index in [1.54, 1.807) is 6.26 Å². The molecule has 120 valence electrons. The minimum atomic E-state index is -0.0487. The smallest absolute Gasteiger partial charge is 0.225 e. The summed E-state index contributed by atoms with van der Waals surface area (Å²) in [7, 11) is 0. The second-order valence-electron chi connectivity index (χ2n) is 6.27. The number of hydrogen-bond donors (Lipinski definition) is 1. The average Bonchev–Trinajstić information content (AvgIpc) is 3.19. The summed E-state index contributed by atoms with van der Waals surface area (Å²) in [5.74, 6) is 1.15. The number of amides is 2. The molecule has 0 bridgehead atoms.